The number of methoxy groups -OCH3 is 1. The van der Waals surface area contributed by atoms with Crippen molar-refractivity contribution in [1.82, 2.24) is 9.97 Å². The third-order valence-electron chi connectivity index (χ3n) is 4.51. The molecular formula is C21H15ClN2O3. The molecule has 0 aliphatic rings. The Labute approximate surface area is 159 Å². The van der Waals surface area contributed by atoms with E-state index in [2.05, 4.69) is 9.97 Å². The Balaban J connectivity index is 1.86. The fraction of sp³-hybridized carbons (Fsp3) is 0.0952. The van der Waals surface area contributed by atoms with Gasteiger partial charge in [-0.1, -0.05) is 41.9 Å². The summed E-state index contributed by atoms with van der Waals surface area (Å²) in [7, 11) is 1.32. The molecule has 0 saturated heterocycles. The van der Waals surface area contributed by atoms with Crippen LogP contribution in [0.2, 0.25) is 5.02 Å². The third-order valence-corrected chi connectivity index (χ3v) is 4.74. The number of ketones is 1. The molecule has 2 aromatic heterocycles. The highest BCUT2D eigenvalue weighted by atomic mass is 35.5. The van der Waals surface area contributed by atoms with E-state index < -0.39 is 5.97 Å². The lowest BCUT2D eigenvalue weighted by molar-refractivity contribution is -0.139. The summed E-state index contributed by atoms with van der Waals surface area (Å²) in [4.78, 5) is 32.4. The minimum Gasteiger partial charge on any atom is -0.469 e. The van der Waals surface area contributed by atoms with Gasteiger partial charge in [-0.15, -0.1) is 0 Å². The van der Waals surface area contributed by atoms with Crippen LogP contribution < -0.4 is 0 Å². The van der Waals surface area contributed by atoms with Crippen LogP contribution >= 0.6 is 11.6 Å². The zero-order chi connectivity index (χ0) is 19.0. The summed E-state index contributed by atoms with van der Waals surface area (Å²) < 4.78 is 4.79. The molecule has 0 saturated carbocycles. The van der Waals surface area contributed by atoms with Crippen LogP contribution in [0.3, 0.4) is 0 Å². The van der Waals surface area contributed by atoms with E-state index in [9.17, 15) is 9.59 Å². The van der Waals surface area contributed by atoms with Crippen molar-refractivity contribution >= 4 is 45.0 Å². The number of esters is 1. The van der Waals surface area contributed by atoms with E-state index in [4.69, 9.17) is 16.3 Å². The van der Waals surface area contributed by atoms with Crippen LogP contribution in [0.15, 0.2) is 54.7 Å². The highest BCUT2D eigenvalue weighted by molar-refractivity contribution is 6.31. The molecular weight excluding hydrogens is 364 g/mol. The molecule has 0 radical (unpaired) electrons. The standard InChI is InChI=1S/C21H15ClN2O3/c1-27-19(25)10-16-15-7-6-14(22)9-17(15)24-20(16)21(26)18-8-12-4-2-3-5-13(12)11-23-18/h2-9,11,24H,10H2,1H3. The summed E-state index contributed by atoms with van der Waals surface area (Å²) in [5, 5.41) is 3.17. The third kappa shape index (κ3) is 3.17. The molecule has 5 nitrogen and oxygen atoms in total. The fourth-order valence-electron chi connectivity index (χ4n) is 3.16. The summed E-state index contributed by atoms with van der Waals surface area (Å²) >= 11 is 6.07. The van der Waals surface area contributed by atoms with E-state index in [-0.39, 0.29) is 12.2 Å². The van der Waals surface area contributed by atoms with E-state index in [0.717, 1.165) is 16.2 Å². The van der Waals surface area contributed by atoms with Gasteiger partial charge >= 0.3 is 5.97 Å². The highest BCUT2D eigenvalue weighted by Gasteiger charge is 2.22. The number of aromatic amines is 1. The average molecular weight is 379 g/mol. The first-order valence-corrected chi connectivity index (χ1v) is 8.71. The minimum atomic E-state index is -0.425. The Morgan fingerprint density at radius 3 is 2.67 bits per heavy atom. The normalized spacial score (nSPS) is 11.0. The number of carbonyl (C=O) groups excluding carboxylic acids is 2. The van der Waals surface area contributed by atoms with Crippen molar-refractivity contribution in [3.8, 4) is 0 Å². The number of halogens is 1. The van der Waals surface area contributed by atoms with E-state index in [1.807, 2.05) is 24.3 Å². The molecule has 0 amide bonds. The second kappa shape index (κ2) is 6.85. The van der Waals surface area contributed by atoms with Crippen LogP contribution in [-0.2, 0) is 16.0 Å². The zero-order valence-corrected chi connectivity index (χ0v) is 15.2. The number of nitrogens with zero attached hydrogens (tertiary/aromatic N) is 1. The largest absolute Gasteiger partial charge is 0.469 e. The van der Waals surface area contributed by atoms with Gasteiger partial charge in [0.1, 0.15) is 5.69 Å². The van der Waals surface area contributed by atoms with Gasteiger partial charge in [0, 0.05) is 33.1 Å². The molecule has 4 rings (SSSR count). The molecule has 27 heavy (non-hydrogen) atoms. The lowest BCUT2D eigenvalue weighted by atomic mass is 10.0. The molecule has 1 N–H and O–H groups in total. The Morgan fingerprint density at radius 1 is 1.11 bits per heavy atom. The first-order chi connectivity index (χ1) is 13.1. The molecule has 0 atom stereocenters. The number of ether oxygens (including phenoxy) is 1. The topological polar surface area (TPSA) is 72.1 Å². The molecule has 134 valence electrons. The van der Waals surface area contributed by atoms with Gasteiger partial charge in [-0.25, -0.2) is 0 Å². The first-order valence-electron chi connectivity index (χ1n) is 8.33. The Kier molecular flexibility index (Phi) is 4.38. The fourth-order valence-corrected chi connectivity index (χ4v) is 3.33. The van der Waals surface area contributed by atoms with Crippen molar-refractivity contribution in [3.63, 3.8) is 0 Å². The minimum absolute atomic E-state index is 0.0210. The molecule has 0 fully saturated rings. The van der Waals surface area contributed by atoms with Crippen LogP contribution in [-0.4, -0.2) is 28.8 Å². The number of aromatic nitrogens is 2. The monoisotopic (exact) mass is 378 g/mol. The molecule has 0 bridgehead atoms. The van der Waals surface area contributed by atoms with Crippen LogP contribution in [0.1, 0.15) is 21.7 Å². The molecule has 0 aliphatic carbocycles. The van der Waals surface area contributed by atoms with Crippen molar-refractivity contribution < 1.29 is 14.3 Å². The van der Waals surface area contributed by atoms with E-state index >= 15 is 0 Å². The van der Waals surface area contributed by atoms with Gasteiger partial charge < -0.3 is 9.72 Å². The maximum Gasteiger partial charge on any atom is 0.310 e. The molecule has 0 spiro atoms. The second-order valence-electron chi connectivity index (χ2n) is 6.17. The van der Waals surface area contributed by atoms with Gasteiger partial charge in [-0.3, -0.25) is 14.6 Å². The maximum absolute atomic E-state index is 13.2. The SMILES string of the molecule is COC(=O)Cc1c(C(=O)c2cc3ccccc3cn2)[nH]c2cc(Cl)ccc12. The van der Waals surface area contributed by atoms with Gasteiger partial charge in [0.05, 0.1) is 19.2 Å². The van der Waals surface area contributed by atoms with Gasteiger partial charge in [-0.05, 0) is 23.6 Å². The van der Waals surface area contributed by atoms with E-state index in [1.54, 1.807) is 30.5 Å². The summed E-state index contributed by atoms with van der Waals surface area (Å²) in [6.07, 6.45) is 1.65. The number of fused-ring (bicyclic) bond motifs is 2. The molecule has 4 aromatic rings. The van der Waals surface area contributed by atoms with Gasteiger partial charge in [0.15, 0.2) is 0 Å². The van der Waals surface area contributed by atoms with Crippen LogP contribution in [0.5, 0.6) is 0 Å². The van der Waals surface area contributed by atoms with Crippen LogP contribution in [0.25, 0.3) is 21.7 Å². The summed E-state index contributed by atoms with van der Waals surface area (Å²) in [6.45, 7) is 0. The lowest BCUT2D eigenvalue weighted by Gasteiger charge is -2.05. The quantitative estimate of drug-likeness (QED) is 0.424. The Morgan fingerprint density at radius 2 is 1.89 bits per heavy atom. The molecule has 2 heterocycles. The molecule has 2 aromatic carbocycles. The Hall–Kier alpha value is -3.18. The zero-order valence-electron chi connectivity index (χ0n) is 14.5. The second-order valence-corrected chi connectivity index (χ2v) is 6.60. The Bertz CT molecular complexity index is 1200. The summed E-state index contributed by atoms with van der Waals surface area (Å²) in [5.74, 6) is -0.710. The van der Waals surface area contributed by atoms with Gasteiger partial charge in [-0.2, -0.15) is 0 Å². The van der Waals surface area contributed by atoms with E-state index in [1.165, 1.54) is 7.11 Å². The number of pyridine rings is 1. The molecule has 0 aliphatic heterocycles. The maximum atomic E-state index is 13.2. The lowest BCUT2D eigenvalue weighted by Crippen LogP contribution is -2.11. The van der Waals surface area contributed by atoms with Crippen LogP contribution in [0, 0.1) is 0 Å². The first kappa shape index (κ1) is 17.2. The predicted octanol–water partition coefficient (Wildman–Crippen LogP) is 4.32. The number of hydrogen-bond acceptors (Lipinski definition) is 4. The van der Waals surface area contributed by atoms with Gasteiger partial charge in [0.2, 0.25) is 5.78 Å². The molecule has 6 heteroatoms. The number of benzene rings is 2. The van der Waals surface area contributed by atoms with E-state index in [0.29, 0.717) is 27.5 Å². The smallest absolute Gasteiger partial charge is 0.310 e. The van der Waals surface area contributed by atoms with Crippen LogP contribution in [0.4, 0.5) is 0 Å². The number of hydrogen-bond donors (Lipinski definition) is 1. The van der Waals surface area contributed by atoms with Crippen molar-refractivity contribution in [1.29, 1.82) is 0 Å². The number of carbonyl (C=O) groups is 2. The van der Waals surface area contributed by atoms with Crippen molar-refractivity contribution in [3.05, 3.63) is 76.7 Å². The van der Waals surface area contributed by atoms with Crippen molar-refractivity contribution in [2.24, 2.45) is 0 Å². The number of H-pyrrole nitrogens is 1. The summed E-state index contributed by atoms with van der Waals surface area (Å²) in [5.41, 5.74) is 1.89. The van der Waals surface area contributed by atoms with Gasteiger partial charge in [0.25, 0.3) is 0 Å². The number of rotatable bonds is 4. The average Bonchev–Trinajstić information content (AvgIpc) is 3.04. The molecule has 0 unspecified atom stereocenters. The number of nitrogens with one attached hydrogen (secondary N) is 1. The summed E-state index contributed by atoms with van der Waals surface area (Å²) in [6, 6.07) is 14.7. The van der Waals surface area contributed by atoms with Crippen molar-refractivity contribution in [2.75, 3.05) is 7.11 Å². The predicted molar refractivity (Wildman–Crippen MR) is 104 cm³/mol. The highest BCUT2D eigenvalue weighted by Crippen LogP contribution is 2.28. The van der Waals surface area contributed by atoms with Crippen molar-refractivity contribution in [2.45, 2.75) is 6.42 Å².